The number of nitrogens with one attached hydrogen (secondary N) is 1. The van der Waals surface area contributed by atoms with E-state index < -0.39 is 0 Å². The van der Waals surface area contributed by atoms with Gasteiger partial charge >= 0.3 is 0 Å². The first-order valence-electron chi connectivity index (χ1n) is 7.53. The summed E-state index contributed by atoms with van der Waals surface area (Å²) in [5, 5.41) is 8.87. The van der Waals surface area contributed by atoms with E-state index in [2.05, 4.69) is 20.4 Å². The van der Waals surface area contributed by atoms with Gasteiger partial charge in [-0.2, -0.15) is 4.98 Å². The molecule has 0 radical (unpaired) electrons. The average Bonchev–Trinajstić information content (AvgIpc) is 3.22. The van der Waals surface area contributed by atoms with Gasteiger partial charge in [-0.15, -0.1) is 0 Å². The number of aromatic nitrogens is 3. The molecule has 0 saturated carbocycles. The maximum Gasteiger partial charge on any atom is 0.263 e. The molecule has 3 heterocycles. The van der Waals surface area contributed by atoms with Crippen molar-refractivity contribution in [2.24, 2.45) is 0 Å². The Balaban J connectivity index is 1.71. The standard InChI is InChI=1S/C16H15ClN4O2/c17-11-4-1-3-10(7-11)14-13-15(18-8-12-5-2-6-22-12)19-9-20-16(13)23-21-14/h1,3-4,7,9,12H,2,5-6,8H2,(H,18,19,20). The first-order chi connectivity index (χ1) is 11.3. The Hall–Kier alpha value is -2.18. The third-order valence-corrected chi connectivity index (χ3v) is 4.13. The van der Waals surface area contributed by atoms with E-state index >= 15 is 0 Å². The van der Waals surface area contributed by atoms with Crippen LogP contribution in [0.25, 0.3) is 22.4 Å². The molecule has 0 spiro atoms. The molecule has 1 N–H and O–H groups in total. The predicted molar refractivity (Wildman–Crippen MR) is 87.5 cm³/mol. The molecule has 1 saturated heterocycles. The second kappa shape index (κ2) is 6.14. The van der Waals surface area contributed by atoms with Crippen molar-refractivity contribution in [2.75, 3.05) is 18.5 Å². The Morgan fingerprint density at radius 2 is 2.26 bits per heavy atom. The molecule has 3 aromatic rings. The van der Waals surface area contributed by atoms with Gasteiger partial charge in [-0.1, -0.05) is 28.9 Å². The van der Waals surface area contributed by atoms with Gasteiger partial charge in [-0.25, -0.2) is 4.98 Å². The molecule has 7 heteroatoms. The summed E-state index contributed by atoms with van der Waals surface area (Å²) in [6.45, 7) is 1.53. The molecule has 6 nitrogen and oxygen atoms in total. The molecular formula is C16H15ClN4O2. The summed E-state index contributed by atoms with van der Waals surface area (Å²) in [6, 6.07) is 7.47. The van der Waals surface area contributed by atoms with E-state index in [0.717, 1.165) is 30.4 Å². The molecule has 1 aliphatic heterocycles. The summed E-state index contributed by atoms with van der Waals surface area (Å²) in [7, 11) is 0. The number of anilines is 1. The van der Waals surface area contributed by atoms with Gasteiger partial charge < -0.3 is 14.6 Å². The largest absolute Gasteiger partial charge is 0.376 e. The zero-order valence-corrected chi connectivity index (χ0v) is 13.1. The number of ether oxygens (including phenoxy) is 1. The van der Waals surface area contributed by atoms with E-state index in [9.17, 15) is 0 Å². The molecule has 2 aromatic heterocycles. The number of nitrogens with zero attached hydrogens (tertiary/aromatic N) is 3. The van der Waals surface area contributed by atoms with Crippen molar-refractivity contribution in [3.05, 3.63) is 35.6 Å². The van der Waals surface area contributed by atoms with Crippen LogP contribution in [0.4, 0.5) is 5.82 Å². The van der Waals surface area contributed by atoms with Crippen LogP contribution in [-0.2, 0) is 4.74 Å². The molecule has 0 aliphatic carbocycles. The van der Waals surface area contributed by atoms with Crippen LogP contribution >= 0.6 is 11.6 Å². The Kier molecular flexibility index (Phi) is 3.85. The highest BCUT2D eigenvalue weighted by molar-refractivity contribution is 6.30. The first-order valence-corrected chi connectivity index (χ1v) is 7.91. The summed E-state index contributed by atoms with van der Waals surface area (Å²) < 4.78 is 11.0. The summed E-state index contributed by atoms with van der Waals surface area (Å²) in [6.07, 6.45) is 3.85. The Morgan fingerprint density at radius 1 is 1.30 bits per heavy atom. The smallest absolute Gasteiger partial charge is 0.263 e. The highest BCUT2D eigenvalue weighted by Gasteiger charge is 2.19. The molecule has 1 unspecified atom stereocenters. The van der Waals surface area contributed by atoms with Gasteiger partial charge in [0.1, 0.15) is 23.2 Å². The van der Waals surface area contributed by atoms with Gasteiger partial charge in [0, 0.05) is 23.7 Å². The van der Waals surface area contributed by atoms with E-state index in [0.29, 0.717) is 28.8 Å². The van der Waals surface area contributed by atoms with Crippen LogP contribution in [0.2, 0.25) is 5.02 Å². The van der Waals surface area contributed by atoms with Crippen molar-refractivity contribution in [1.82, 2.24) is 15.1 Å². The molecule has 0 amide bonds. The number of hydrogen-bond donors (Lipinski definition) is 1. The Bertz CT molecular complexity index is 830. The summed E-state index contributed by atoms with van der Waals surface area (Å²) in [5.41, 5.74) is 1.99. The van der Waals surface area contributed by atoms with Crippen LogP contribution in [0.1, 0.15) is 12.8 Å². The third kappa shape index (κ3) is 2.87. The van der Waals surface area contributed by atoms with Crippen molar-refractivity contribution in [3.8, 4) is 11.3 Å². The molecule has 1 aliphatic rings. The third-order valence-electron chi connectivity index (χ3n) is 3.89. The maximum absolute atomic E-state index is 6.08. The second-order valence-corrected chi connectivity index (χ2v) is 5.90. The average molecular weight is 331 g/mol. The monoisotopic (exact) mass is 330 g/mol. The first kappa shape index (κ1) is 14.4. The topological polar surface area (TPSA) is 73.1 Å². The molecule has 23 heavy (non-hydrogen) atoms. The van der Waals surface area contributed by atoms with Gasteiger partial charge in [0.15, 0.2) is 0 Å². The van der Waals surface area contributed by atoms with E-state index in [1.165, 1.54) is 6.33 Å². The lowest BCUT2D eigenvalue weighted by Gasteiger charge is -2.11. The lowest BCUT2D eigenvalue weighted by molar-refractivity contribution is 0.120. The van der Waals surface area contributed by atoms with E-state index in [-0.39, 0.29) is 6.10 Å². The fraction of sp³-hybridized carbons (Fsp3) is 0.312. The predicted octanol–water partition coefficient (Wildman–Crippen LogP) is 3.53. The minimum Gasteiger partial charge on any atom is -0.376 e. The Morgan fingerprint density at radius 3 is 3.09 bits per heavy atom. The van der Waals surface area contributed by atoms with Gasteiger partial charge in [0.2, 0.25) is 0 Å². The number of rotatable bonds is 4. The van der Waals surface area contributed by atoms with Gasteiger partial charge in [0.05, 0.1) is 6.10 Å². The number of halogens is 1. The van der Waals surface area contributed by atoms with Crippen molar-refractivity contribution in [2.45, 2.75) is 18.9 Å². The number of benzene rings is 1. The van der Waals surface area contributed by atoms with Gasteiger partial charge in [0.25, 0.3) is 5.71 Å². The van der Waals surface area contributed by atoms with Crippen molar-refractivity contribution >= 4 is 28.5 Å². The molecule has 1 fully saturated rings. The normalized spacial score (nSPS) is 17.7. The van der Waals surface area contributed by atoms with E-state index in [1.807, 2.05) is 24.3 Å². The van der Waals surface area contributed by atoms with Crippen LogP contribution in [0.3, 0.4) is 0 Å². The Labute approximate surface area is 137 Å². The fourth-order valence-corrected chi connectivity index (χ4v) is 2.96. The van der Waals surface area contributed by atoms with Crippen molar-refractivity contribution in [1.29, 1.82) is 0 Å². The summed E-state index contributed by atoms with van der Waals surface area (Å²) >= 11 is 6.08. The quantitative estimate of drug-likeness (QED) is 0.789. The lowest BCUT2D eigenvalue weighted by Crippen LogP contribution is -2.19. The summed E-state index contributed by atoms with van der Waals surface area (Å²) in [4.78, 5) is 8.48. The SMILES string of the molecule is Clc1cccc(-c2noc3ncnc(NCC4CCCO4)c23)c1. The molecule has 0 bridgehead atoms. The van der Waals surface area contributed by atoms with Crippen LogP contribution in [-0.4, -0.2) is 34.4 Å². The molecule has 1 aromatic carbocycles. The highest BCUT2D eigenvalue weighted by atomic mass is 35.5. The molecule has 4 rings (SSSR count). The summed E-state index contributed by atoms with van der Waals surface area (Å²) in [5.74, 6) is 0.696. The molecule has 118 valence electrons. The maximum atomic E-state index is 6.08. The second-order valence-electron chi connectivity index (χ2n) is 5.46. The number of fused-ring (bicyclic) bond motifs is 1. The van der Waals surface area contributed by atoms with Crippen LogP contribution in [0, 0.1) is 0 Å². The van der Waals surface area contributed by atoms with Crippen molar-refractivity contribution in [3.63, 3.8) is 0 Å². The minimum absolute atomic E-state index is 0.217. The zero-order valence-electron chi connectivity index (χ0n) is 12.3. The number of hydrogen-bond acceptors (Lipinski definition) is 6. The highest BCUT2D eigenvalue weighted by Crippen LogP contribution is 2.32. The van der Waals surface area contributed by atoms with Crippen LogP contribution in [0.15, 0.2) is 35.1 Å². The van der Waals surface area contributed by atoms with E-state index in [1.54, 1.807) is 0 Å². The minimum atomic E-state index is 0.217. The fourth-order valence-electron chi connectivity index (χ4n) is 2.77. The lowest BCUT2D eigenvalue weighted by atomic mass is 10.1. The van der Waals surface area contributed by atoms with Gasteiger partial charge in [-0.3, -0.25) is 0 Å². The van der Waals surface area contributed by atoms with Crippen molar-refractivity contribution < 1.29 is 9.26 Å². The van der Waals surface area contributed by atoms with Crippen LogP contribution < -0.4 is 5.32 Å². The molecular weight excluding hydrogens is 316 g/mol. The zero-order chi connectivity index (χ0) is 15.6. The van der Waals surface area contributed by atoms with Crippen LogP contribution in [0.5, 0.6) is 0 Å². The van der Waals surface area contributed by atoms with Gasteiger partial charge in [-0.05, 0) is 25.0 Å². The molecule has 1 atom stereocenters. The van der Waals surface area contributed by atoms with E-state index in [4.69, 9.17) is 20.9 Å².